The Morgan fingerprint density at radius 3 is 2.23 bits per heavy atom. The Balaban J connectivity index is 1.87. The molecule has 0 radical (unpaired) electrons. The Morgan fingerprint density at radius 2 is 1.60 bits per heavy atom. The summed E-state index contributed by atoms with van der Waals surface area (Å²) < 4.78 is 5.40. The number of rotatable bonds is 6. The Bertz CT molecular complexity index is 1070. The minimum Gasteiger partial charge on any atom is -0.508 e. The van der Waals surface area contributed by atoms with Crippen LogP contribution in [0.5, 0.6) is 5.75 Å². The van der Waals surface area contributed by atoms with Crippen LogP contribution in [0.2, 0.25) is 0 Å². The molecule has 152 valence electrons. The summed E-state index contributed by atoms with van der Waals surface area (Å²) in [5.74, 6) is -0.930. The molecule has 0 saturated carbocycles. The van der Waals surface area contributed by atoms with Crippen molar-refractivity contribution in [2.24, 2.45) is 0 Å². The molecule has 0 unspecified atom stereocenters. The molecule has 1 N–H and O–H groups in total. The van der Waals surface area contributed by atoms with Crippen molar-refractivity contribution in [2.45, 2.75) is 25.3 Å². The number of nitrogens with zero attached hydrogens (tertiary/aromatic N) is 1. The van der Waals surface area contributed by atoms with Gasteiger partial charge in [-0.2, -0.15) is 0 Å². The van der Waals surface area contributed by atoms with Crippen molar-refractivity contribution < 1.29 is 19.4 Å². The number of carbonyl (C=O) groups excluding carboxylic acids is 2. The van der Waals surface area contributed by atoms with Crippen LogP contribution in [0.3, 0.4) is 0 Å². The first-order valence-electron chi connectivity index (χ1n) is 9.97. The molecular weight excluding hydrogens is 378 g/mol. The number of anilines is 1. The van der Waals surface area contributed by atoms with Crippen LogP contribution in [0.25, 0.3) is 0 Å². The minimum absolute atomic E-state index is 0.00449. The fraction of sp³-hybridized carbons (Fsp3) is 0.200. The maximum absolute atomic E-state index is 13.9. The molecule has 30 heavy (non-hydrogen) atoms. The summed E-state index contributed by atoms with van der Waals surface area (Å²) >= 11 is 0. The second-order valence-corrected chi connectivity index (χ2v) is 7.37. The zero-order valence-corrected chi connectivity index (χ0v) is 16.7. The molecule has 3 aromatic carbocycles. The number of hydrogen-bond donors (Lipinski definition) is 1. The summed E-state index contributed by atoms with van der Waals surface area (Å²) in [6.07, 6.45) is 0.160. The molecule has 0 bridgehead atoms. The van der Waals surface area contributed by atoms with E-state index in [2.05, 4.69) is 0 Å². The molecule has 0 saturated heterocycles. The predicted octanol–water partition coefficient (Wildman–Crippen LogP) is 3.98. The number of phenolic OH excluding ortho intramolecular Hbond substituents is 1. The molecule has 0 aliphatic carbocycles. The third-order valence-corrected chi connectivity index (χ3v) is 5.46. The standard InChI is InChI=1S/C25H23NO4/c1-2-30-24(29)25(16-18-9-5-3-6-10-18)21-15-20(27)13-14-22(21)26(23(25)28)17-19-11-7-4-8-12-19/h3-15,27H,2,16-17H2,1H3/t25-/m0/s1. The summed E-state index contributed by atoms with van der Waals surface area (Å²) in [5.41, 5.74) is 1.34. The van der Waals surface area contributed by atoms with Gasteiger partial charge in [0.1, 0.15) is 5.75 Å². The lowest BCUT2D eigenvalue weighted by atomic mass is 9.76. The van der Waals surface area contributed by atoms with Crippen molar-refractivity contribution in [3.63, 3.8) is 0 Å². The van der Waals surface area contributed by atoms with E-state index in [0.29, 0.717) is 17.8 Å². The second-order valence-electron chi connectivity index (χ2n) is 7.37. The van der Waals surface area contributed by atoms with Crippen LogP contribution >= 0.6 is 0 Å². The second kappa shape index (κ2) is 8.03. The largest absolute Gasteiger partial charge is 0.508 e. The third-order valence-electron chi connectivity index (χ3n) is 5.46. The lowest BCUT2D eigenvalue weighted by Crippen LogP contribution is -2.48. The number of phenols is 1. The van der Waals surface area contributed by atoms with Crippen LogP contribution in [-0.4, -0.2) is 23.6 Å². The van der Waals surface area contributed by atoms with Crippen LogP contribution in [0, 0.1) is 0 Å². The molecule has 5 heteroatoms. The number of ether oxygens (including phenoxy) is 1. The highest BCUT2D eigenvalue weighted by Gasteiger charge is 2.57. The number of carbonyl (C=O) groups is 2. The van der Waals surface area contributed by atoms with Crippen LogP contribution in [0.4, 0.5) is 5.69 Å². The van der Waals surface area contributed by atoms with Crippen LogP contribution < -0.4 is 4.90 Å². The van der Waals surface area contributed by atoms with Gasteiger partial charge in [-0.1, -0.05) is 60.7 Å². The first-order chi connectivity index (χ1) is 14.6. The lowest BCUT2D eigenvalue weighted by molar-refractivity contribution is -0.153. The van der Waals surface area contributed by atoms with Gasteiger partial charge in [0.25, 0.3) is 0 Å². The van der Waals surface area contributed by atoms with Crippen molar-refractivity contribution in [1.82, 2.24) is 0 Å². The third kappa shape index (κ3) is 3.32. The Morgan fingerprint density at radius 1 is 0.967 bits per heavy atom. The first-order valence-corrected chi connectivity index (χ1v) is 9.97. The van der Waals surface area contributed by atoms with Crippen LogP contribution in [0.15, 0.2) is 78.9 Å². The molecule has 5 nitrogen and oxygen atoms in total. The molecule has 4 rings (SSSR count). The summed E-state index contributed by atoms with van der Waals surface area (Å²) in [5, 5.41) is 10.2. The van der Waals surface area contributed by atoms with E-state index in [1.807, 2.05) is 60.7 Å². The van der Waals surface area contributed by atoms with Gasteiger partial charge in [0.05, 0.1) is 13.2 Å². The molecule has 1 atom stereocenters. The highest BCUT2D eigenvalue weighted by atomic mass is 16.5. The van der Waals surface area contributed by atoms with E-state index < -0.39 is 11.4 Å². The highest BCUT2D eigenvalue weighted by Crippen LogP contribution is 2.47. The highest BCUT2D eigenvalue weighted by molar-refractivity contribution is 6.20. The van der Waals surface area contributed by atoms with Crippen molar-refractivity contribution in [1.29, 1.82) is 0 Å². The normalized spacial score (nSPS) is 17.6. The Kier molecular flexibility index (Phi) is 5.27. The van der Waals surface area contributed by atoms with Gasteiger partial charge in [-0.05, 0) is 36.2 Å². The molecule has 0 spiro atoms. The van der Waals surface area contributed by atoms with E-state index in [4.69, 9.17) is 4.74 Å². The molecule has 1 amide bonds. The minimum atomic E-state index is -1.54. The maximum atomic E-state index is 13.9. The fourth-order valence-electron chi connectivity index (χ4n) is 4.08. The number of esters is 1. The lowest BCUT2D eigenvalue weighted by Gasteiger charge is -2.27. The van der Waals surface area contributed by atoms with E-state index >= 15 is 0 Å². The van der Waals surface area contributed by atoms with Crippen molar-refractivity contribution in [3.8, 4) is 5.75 Å². The van der Waals surface area contributed by atoms with Crippen molar-refractivity contribution in [2.75, 3.05) is 11.5 Å². The van der Waals surface area contributed by atoms with E-state index in [1.165, 1.54) is 12.1 Å². The van der Waals surface area contributed by atoms with Gasteiger partial charge in [0.2, 0.25) is 5.91 Å². The van der Waals surface area contributed by atoms with Crippen LogP contribution in [0.1, 0.15) is 23.6 Å². The summed E-state index contributed by atoms with van der Waals surface area (Å²) in [7, 11) is 0. The molecule has 0 fully saturated rings. The van der Waals surface area contributed by atoms with Gasteiger partial charge < -0.3 is 14.7 Å². The number of hydrogen-bond acceptors (Lipinski definition) is 4. The zero-order chi connectivity index (χ0) is 21.1. The Labute approximate surface area is 175 Å². The van der Waals surface area contributed by atoms with Gasteiger partial charge >= 0.3 is 5.97 Å². The average Bonchev–Trinajstić information content (AvgIpc) is 2.98. The number of fused-ring (bicyclic) bond motifs is 1. The quantitative estimate of drug-likeness (QED) is 0.501. The monoisotopic (exact) mass is 401 g/mol. The topological polar surface area (TPSA) is 66.8 Å². The molecule has 1 aliphatic rings. The van der Waals surface area contributed by atoms with Crippen molar-refractivity contribution in [3.05, 3.63) is 95.6 Å². The molecule has 0 aromatic heterocycles. The Hall–Kier alpha value is -3.60. The van der Waals surface area contributed by atoms with Gasteiger partial charge in [0.15, 0.2) is 5.41 Å². The summed E-state index contributed by atoms with van der Waals surface area (Å²) in [6, 6.07) is 23.8. The van der Waals surface area contributed by atoms with E-state index in [9.17, 15) is 14.7 Å². The number of benzene rings is 3. The van der Waals surface area contributed by atoms with Gasteiger partial charge in [-0.25, -0.2) is 0 Å². The first kappa shape index (κ1) is 19.7. The van der Waals surface area contributed by atoms with Gasteiger partial charge in [0, 0.05) is 17.7 Å². The SMILES string of the molecule is CCOC(=O)[C@]1(Cc2ccccc2)C(=O)N(Cc2ccccc2)c2ccc(O)cc21. The van der Waals surface area contributed by atoms with E-state index in [1.54, 1.807) is 17.9 Å². The predicted molar refractivity (Wildman–Crippen MR) is 114 cm³/mol. The molecule has 1 heterocycles. The van der Waals surface area contributed by atoms with E-state index in [-0.39, 0.29) is 24.7 Å². The smallest absolute Gasteiger partial charge is 0.326 e. The molecule has 3 aromatic rings. The summed E-state index contributed by atoms with van der Waals surface area (Å²) in [6.45, 7) is 2.21. The van der Waals surface area contributed by atoms with Crippen molar-refractivity contribution >= 4 is 17.6 Å². The number of aromatic hydroxyl groups is 1. The molecular formula is C25H23NO4. The van der Waals surface area contributed by atoms with Gasteiger partial charge in [-0.15, -0.1) is 0 Å². The summed E-state index contributed by atoms with van der Waals surface area (Å²) in [4.78, 5) is 28.8. The van der Waals surface area contributed by atoms with Gasteiger partial charge in [-0.3, -0.25) is 9.59 Å². The van der Waals surface area contributed by atoms with Crippen LogP contribution in [-0.2, 0) is 32.7 Å². The number of amides is 1. The zero-order valence-electron chi connectivity index (χ0n) is 16.7. The molecule has 1 aliphatic heterocycles. The average molecular weight is 401 g/mol. The maximum Gasteiger partial charge on any atom is 0.326 e. The van der Waals surface area contributed by atoms with E-state index in [0.717, 1.165) is 11.1 Å². The fourth-order valence-corrected chi connectivity index (χ4v) is 4.08.